The molecule has 0 saturated heterocycles. The molecule has 0 heterocycles. The zero-order valence-corrected chi connectivity index (χ0v) is 15.5. The number of hydrogen-bond acceptors (Lipinski definition) is 6. The largest absolute Gasteiger partial charge is 0.385 e. The van der Waals surface area contributed by atoms with Crippen molar-refractivity contribution in [1.82, 2.24) is 0 Å². The number of non-ortho nitro benzene ring substituents is 2. The van der Waals surface area contributed by atoms with Crippen LogP contribution in [0.15, 0.2) is 36.4 Å². The molecule has 2 aromatic carbocycles. The second-order valence-corrected chi connectivity index (χ2v) is 6.43. The number of benzene rings is 2. The van der Waals surface area contributed by atoms with Gasteiger partial charge in [0.25, 0.3) is 11.4 Å². The summed E-state index contributed by atoms with van der Waals surface area (Å²) in [5.41, 5.74) is 3.76. The standard InChI is InChI=1S/C19H24N4O4/c1-14-12-16(22(24)25)6-8-18(14)20-10-4-3-5-11-21-19-9-7-17(23(26)27)13-15(19)2/h6-9,12-13,20-21H,3-5,10-11H2,1-2H3. The summed E-state index contributed by atoms with van der Waals surface area (Å²) in [6.45, 7) is 5.31. The molecule has 0 bridgehead atoms. The maximum Gasteiger partial charge on any atom is 0.269 e. The fourth-order valence-corrected chi connectivity index (χ4v) is 2.79. The van der Waals surface area contributed by atoms with Crippen LogP contribution in [0.5, 0.6) is 0 Å². The van der Waals surface area contributed by atoms with Crippen LogP contribution in [0.3, 0.4) is 0 Å². The minimum absolute atomic E-state index is 0.102. The zero-order chi connectivity index (χ0) is 19.8. The third-order valence-electron chi connectivity index (χ3n) is 4.33. The van der Waals surface area contributed by atoms with E-state index in [-0.39, 0.29) is 11.4 Å². The summed E-state index contributed by atoms with van der Waals surface area (Å²) in [6.07, 6.45) is 2.99. The highest BCUT2D eigenvalue weighted by Crippen LogP contribution is 2.22. The molecular weight excluding hydrogens is 348 g/mol. The van der Waals surface area contributed by atoms with E-state index in [2.05, 4.69) is 10.6 Å². The zero-order valence-electron chi connectivity index (χ0n) is 15.5. The quantitative estimate of drug-likeness (QED) is 0.352. The van der Waals surface area contributed by atoms with Crippen LogP contribution in [-0.2, 0) is 0 Å². The van der Waals surface area contributed by atoms with Crippen molar-refractivity contribution in [2.45, 2.75) is 33.1 Å². The predicted octanol–water partition coefficient (Wildman–Crippen LogP) is 4.81. The van der Waals surface area contributed by atoms with E-state index in [1.54, 1.807) is 24.3 Å². The summed E-state index contributed by atoms with van der Waals surface area (Å²) in [7, 11) is 0. The SMILES string of the molecule is Cc1cc([N+](=O)[O-])ccc1NCCCCCNc1ccc([N+](=O)[O-])cc1C. The van der Waals surface area contributed by atoms with Gasteiger partial charge in [0.1, 0.15) is 0 Å². The van der Waals surface area contributed by atoms with Gasteiger partial charge in [0.05, 0.1) is 9.85 Å². The van der Waals surface area contributed by atoms with E-state index >= 15 is 0 Å². The summed E-state index contributed by atoms with van der Waals surface area (Å²) >= 11 is 0. The highest BCUT2D eigenvalue weighted by Gasteiger charge is 2.08. The Balaban J connectivity index is 1.67. The lowest BCUT2D eigenvalue weighted by Gasteiger charge is -2.11. The van der Waals surface area contributed by atoms with Crippen LogP contribution in [0.4, 0.5) is 22.7 Å². The first kappa shape index (κ1) is 20.2. The lowest BCUT2D eigenvalue weighted by Crippen LogP contribution is -2.06. The molecule has 0 radical (unpaired) electrons. The molecule has 0 aromatic heterocycles. The van der Waals surface area contributed by atoms with Crippen LogP contribution in [0, 0.1) is 34.1 Å². The van der Waals surface area contributed by atoms with Gasteiger partial charge in [-0.05, 0) is 56.4 Å². The van der Waals surface area contributed by atoms with Crippen LogP contribution in [-0.4, -0.2) is 22.9 Å². The number of aryl methyl sites for hydroxylation is 2. The van der Waals surface area contributed by atoms with Crippen molar-refractivity contribution in [3.8, 4) is 0 Å². The Morgan fingerprint density at radius 2 is 1.15 bits per heavy atom. The predicted molar refractivity (Wildman–Crippen MR) is 106 cm³/mol. The number of nitro groups is 2. The van der Waals surface area contributed by atoms with E-state index in [1.807, 2.05) is 13.8 Å². The number of hydrogen-bond donors (Lipinski definition) is 2. The van der Waals surface area contributed by atoms with Crippen LogP contribution < -0.4 is 10.6 Å². The van der Waals surface area contributed by atoms with E-state index in [0.29, 0.717) is 0 Å². The molecular formula is C19H24N4O4. The number of unbranched alkanes of at least 4 members (excludes halogenated alkanes) is 2. The van der Waals surface area contributed by atoms with Gasteiger partial charge in [0, 0.05) is 48.7 Å². The topological polar surface area (TPSA) is 110 Å². The van der Waals surface area contributed by atoms with Gasteiger partial charge in [0.15, 0.2) is 0 Å². The van der Waals surface area contributed by atoms with Crippen molar-refractivity contribution in [1.29, 1.82) is 0 Å². The first-order valence-corrected chi connectivity index (χ1v) is 8.86. The Morgan fingerprint density at radius 3 is 1.48 bits per heavy atom. The summed E-state index contributed by atoms with van der Waals surface area (Å²) in [5.74, 6) is 0. The third-order valence-corrected chi connectivity index (χ3v) is 4.33. The van der Waals surface area contributed by atoms with Crippen LogP contribution in [0.1, 0.15) is 30.4 Å². The van der Waals surface area contributed by atoms with Crippen molar-refractivity contribution >= 4 is 22.7 Å². The minimum Gasteiger partial charge on any atom is -0.385 e. The van der Waals surface area contributed by atoms with Gasteiger partial charge in [-0.15, -0.1) is 0 Å². The molecule has 0 atom stereocenters. The number of rotatable bonds is 10. The van der Waals surface area contributed by atoms with Gasteiger partial charge in [0.2, 0.25) is 0 Å². The molecule has 2 N–H and O–H groups in total. The number of anilines is 2. The van der Waals surface area contributed by atoms with Crippen LogP contribution >= 0.6 is 0 Å². The maximum absolute atomic E-state index is 10.7. The monoisotopic (exact) mass is 372 g/mol. The van der Waals surface area contributed by atoms with Gasteiger partial charge in [-0.2, -0.15) is 0 Å². The van der Waals surface area contributed by atoms with Crippen LogP contribution in [0.2, 0.25) is 0 Å². The molecule has 0 amide bonds. The highest BCUT2D eigenvalue weighted by atomic mass is 16.6. The van der Waals surface area contributed by atoms with Gasteiger partial charge < -0.3 is 10.6 Å². The lowest BCUT2D eigenvalue weighted by atomic mass is 10.1. The smallest absolute Gasteiger partial charge is 0.269 e. The molecule has 2 rings (SSSR count). The van der Waals surface area contributed by atoms with E-state index in [9.17, 15) is 20.2 Å². The van der Waals surface area contributed by atoms with E-state index in [4.69, 9.17) is 0 Å². The van der Waals surface area contributed by atoms with E-state index in [0.717, 1.165) is 54.9 Å². The van der Waals surface area contributed by atoms with Gasteiger partial charge in [-0.25, -0.2) is 0 Å². The Morgan fingerprint density at radius 1 is 0.741 bits per heavy atom. The van der Waals surface area contributed by atoms with Crippen molar-refractivity contribution in [2.24, 2.45) is 0 Å². The third kappa shape index (κ3) is 5.95. The van der Waals surface area contributed by atoms with Crippen molar-refractivity contribution in [2.75, 3.05) is 23.7 Å². The molecule has 8 nitrogen and oxygen atoms in total. The molecule has 0 aliphatic heterocycles. The lowest BCUT2D eigenvalue weighted by molar-refractivity contribution is -0.385. The molecule has 2 aromatic rings. The molecule has 0 aliphatic rings. The van der Waals surface area contributed by atoms with E-state index < -0.39 is 9.85 Å². The minimum atomic E-state index is -0.392. The average Bonchev–Trinajstić information content (AvgIpc) is 2.62. The van der Waals surface area contributed by atoms with Crippen molar-refractivity contribution in [3.05, 3.63) is 67.8 Å². The van der Waals surface area contributed by atoms with Gasteiger partial charge in [-0.1, -0.05) is 0 Å². The molecule has 0 spiro atoms. The van der Waals surface area contributed by atoms with E-state index in [1.165, 1.54) is 12.1 Å². The summed E-state index contributed by atoms with van der Waals surface area (Å²) < 4.78 is 0. The van der Waals surface area contributed by atoms with Crippen molar-refractivity contribution in [3.63, 3.8) is 0 Å². The first-order chi connectivity index (χ1) is 12.9. The van der Waals surface area contributed by atoms with Gasteiger partial charge in [-0.3, -0.25) is 20.2 Å². The molecule has 0 aliphatic carbocycles. The number of nitrogens with zero attached hydrogens (tertiary/aromatic N) is 2. The summed E-state index contributed by atoms with van der Waals surface area (Å²) in [4.78, 5) is 20.7. The Kier molecular flexibility index (Phi) is 7.10. The molecule has 27 heavy (non-hydrogen) atoms. The fourth-order valence-electron chi connectivity index (χ4n) is 2.79. The number of nitrogens with one attached hydrogen (secondary N) is 2. The summed E-state index contributed by atoms with van der Waals surface area (Å²) in [6, 6.07) is 9.63. The molecule has 0 saturated carbocycles. The van der Waals surface area contributed by atoms with Crippen molar-refractivity contribution < 1.29 is 9.85 Å². The molecule has 0 unspecified atom stereocenters. The van der Waals surface area contributed by atoms with Gasteiger partial charge >= 0.3 is 0 Å². The normalized spacial score (nSPS) is 10.4. The average molecular weight is 372 g/mol. The highest BCUT2D eigenvalue weighted by molar-refractivity contribution is 5.56. The molecule has 0 fully saturated rings. The first-order valence-electron chi connectivity index (χ1n) is 8.86. The Hall–Kier alpha value is -3.16. The number of nitro benzene ring substituents is 2. The second kappa shape index (κ2) is 9.51. The summed E-state index contributed by atoms with van der Waals surface area (Å²) in [5, 5.41) is 28.1. The fraction of sp³-hybridized carbons (Fsp3) is 0.368. The maximum atomic E-state index is 10.7. The second-order valence-electron chi connectivity index (χ2n) is 6.43. The Labute approximate surface area is 157 Å². The Bertz CT molecular complexity index is 756. The molecule has 144 valence electrons. The molecule has 8 heteroatoms. The van der Waals surface area contributed by atoms with Crippen LogP contribution in [0.25, 0.3) is 0 Å².